The van der Waals surface area contributed by atoms with Gasteiger partial charge in [-0.25, -0.2) is 0 Å². The van der Waals surface area contributed by atoms with Crippen LogP contribution in [-0.2, 0) is 16.0 Å². The standard InChI is InChI=1S/C23H23NO3/c1-3-15-10-7-11-17-19(13-24-20(15)17)21(25)22(16-8-5-4-6-9-16)27-23(26)18-12-14(18)2/h4-11,13-14,18,22,24H,3,12H2,1-2H3/t14-,18+,22+/m0/s1. The molecule has 2 aromatic carbocycles. The van der Waals surface area contributed by atoms with Gasteiger partial charge in [-0.2, -0.15) is 0 Å². The predicted molar refractivity (Wildman–Crippen MR) is 105 cm³/mol. The average Bonchev–Trinajstić information content (AvgIpc) is 3.27. The Bertz CT molecular complexity index is 989. The number of carbonyl (C=O) groups is 2. The minimum absolute atomic E-state index is 0.0846. The smallest absolute Gasteiger partial charge is 0.310 e. The highest BCUT2D eigenvalue weighted by Crippen LogP contribution is 2.40. The van der Waals surface area contributed by atoms with Crippen molar-refractivity contribution in [3.8, 4) is 0 Å². The summed E-state index contributed by atoms with van der Waals surface area (Å²) in [5, 5.41) is 0.871. The molecule has 1 aromatic heterocycles. The summed E-state index contributed by atoms with van der Waals surface area (Å²) in [6.45, 7) is 4.11. The molecule has 138 valence electrons. The highest BCUT2D eigenvalue weighted by Gasteiger charge is 2.42. The van der Waals surface area contributed by atoms with E-state index in [-0.39, 0.29) is 17.7 Å². The number of rotatable bonds is 6. The maximum Gasteiger partial charge on any atom is 0.310 e. The Kier molecular flexibility index (Phi) is 4.56. The lowest BCUT2D eigenvalue weighted by Crippen LogP contribution is -2.21. The number of benzene rings is 2. The van der Waals surface area contributed by atoms with Gasteiger partial charge in [-0.05, 0) is 24.3 Å². The Labute approximate surface area is 158 Å². The fraction of sp³-hybridized carbons (Fsp3) is 0.304. The van der Waals surface area contributed by atoms with Crippen molar-refractivity contribution in [3.63, 3.8) is 0 Å². The Hall–Kier alpha value is -2.88. The third kappa shape index (κ3) is 3.27. The maximum atomic E-state index is 13.4. The normalized spacial score (nSPS) is 19.6. The molecule has 1 heterocycles. The van der Waals surface area contributed by atoms with E-state index in [1.165, 1.54) is 0 Å². The summed E-state index contributed by atoms with van der Waals surface area (Å²) >= 11 is 0. The molecule has 4 heteroatoms. The lowest BCUT2D eigenvalue weighted by atomic mass is 9.98. The highest BCUT2D eigenvalue weighted by atomic mass is 16.5. The van der Waals surface area contributed by atoms with Crippen LogP contribution in [0.5, 0.6) is 0 Å². The van der Waals surface area contributed by atoms with Gasteiger partial charge in [0.15, 0.2) is 6.10 Å². The van der Waals surface area contributed by atoms with Crippen LogP contribution in [0.4, 0.5) is 0 Å². The van der Waals surface area contributed by atoms with Crippen LogP contribution in [-0.4, -0.2) is 16.7 Å². The molecule has 3 aromatic rings. The predicted octanol–water partition coefficient (Wildman–Crippen LogP) is 4.85. The molecular weight excluding hydrogens is 338 g/mol. The van der Waals surface area contributed by atoms with E-state index in [1.54, 1.807) is 6.20 Å². The number of aryl methyl sites for hydroxylation is 1. The summed E-state index contributed by atoms with van der Waals surface area (Å²) in [4.78, 5) is 29.1. The molecule has 1 aliphatic rings. The minimum Gasteiger partial charge on any atom is -0.449 e. The first-order chi connectivity index (χ1) is 13.1. The third-order valence-electron chi connectivity index (χ3n) is 5.43. The summed E-state index contributed by atoms with van der Waals surface area (Å²) < 4.78 is 5.72. The molecule has 0 aliphatic heterocycles. The molecule has 0 spiro atoms. The van der Waals surface area contributed by atoms with Gasteiger partial charge in [0, 0.05) is 28.2 Å². The number of aromatic amines is 1. The number of nitrogens with one attached hydrogen (secondary N) is 1. The molecule has 27 heavy (non-hydrogen) atoms. The number of esters is 1. The fourth-order valence-corrected chi connectivity index (χ4v) is 3.61. The molecule has 3 atom stereocenters. The van der Waals surface area contributed by atoms with E-state index in [1.807, 2.05) is 49.4 Å². The lowest BCUT2D eigenvalue weighted by Gasteiger charge is -2.17. The minimum atomic E-state index is -0.921. The number of aromatic nitrogens is 1. The molecule has 4 nitrogen and oxygen atoms in total. The quantitative estimate of drug-likeness (QED) is 0.504. The van der Waals surface area contributed by atoms with Gasteiger partial charge in [0.2, 0.25) is 5.78 Å². The van der Waals surface area contributed by atoms with E-state index < -0.39 is 6.10 Å². The first-order valence-corrected chi connectivity index (χ1v) is 9.48. The van der Waals surface area contributed by atoms with Crippen molar-refractivity contribution in [1.82, 2.24) is 4.98 Å². The number of carbonyl (C=O) groups excluding carboxylic acids is 2. The number of ether oxygens (including phenoxy) is 1. The number of hydrogen-bond donors (Lipinski definition) is 1. The molecule has 0 unspecified atom stereocenters. The van der Waals surface area contributed by atoms with Crippen LogP contribution in [0.2, 0.25) is 0 Å². The van der Waals surface area contributed by atoms with E-state index in [9.17, 15) is 9.59 Å². The number of H-pyrrole nitrogens is 1. The van der Waals surface area contributed by atoms with Crippen LogP contribution in [0.25, 0.3) is 10.9 Å². The molecule has 4 rings (SSSR count). The maximum absolute atomic E-state index is 13.4. The van der Waals surface area contributed by atoms with Crippen LogP contribution < -0.4 is 0 Å². The Morgan fingerprint density at radius 3 is 2.56 bits per heavy atom. The summed E-state index contributed by atoms with van der Waals surface area (Å²) in [5.41, 5.74) is 3.39. The van der Waals surface area contributed by atoms with E-state index in [2.05, 4.69) is 18.0 Å². The van der Waals surface area contributed by atoms with E-state index >= 15 is 0 Å². The van der Waals surface area contributed by atoms with Crippen molar-refractivity contribution in [2.24, 2.45) is 11.8 Å². The molecule has 0 amide bonds. The van der Waals surface area contributed by atoms with Gasteiger partial charge in [0.1, 0.15) is 0 Å². The first kappa shape index (κ1) is 17.5. The highest BCUT2D eigenvalue weighted by molar-refractivity contribution is 6.11. The molecule has 1 aliphatic carbocycles. The monoisotopic (exact) mass is 361 g/mol. The van der Waals surface area contributed by atoms with Gasteiger partial charge >= 0.3 is 5.97 Å². The third-order valence-corrected chi connectivity index (χ3v) is 5.43. The second-order valence-electron chi connectivity index (χ2n) is 7.31. The van der Waals surface area contributed by atoms with Crippen LogP contribution in [0.15, 0.2) is 54.7 Å². The number of Topliss-reactive ketones (excluding diaryl/α,β-unsaturated/α-hetero) is 1. The van der Waals surface area contributed by atoms with E-state index in [4.69, 9.17) is 4.74 Å². The van der Waals surface area contributed by atoms with Gasteiger partial charge < -0.3 is 9.72 Å². The zero-order chi connectivity index (χ0) is 19.0. The van der Waals surface area contributed by atoms with Crippen molar-refractivity contribution in [1.29, 1.82) is 0 Å². The Balaban J connectivity index is 1.71. The SMILES string of the molecule is CCc1cccc2c(C(=O)[C@H](OC(=O)[C@@H]3C[C@@H]3C)c3ccccc3)c[nH]c12. The van der Waals surface area contributed by atoms with E-state index in [0.29, 0.717) is 17.0 Å². The van der Waals surface area contributed by atoms with Gasteiger partial charge in [0.25, 0.3) is 0 Å². The molecule has 1 N–H and O–H groups in total. The van der Waals surface area contributed by atoms with Gasteiger partial charge in [-0.15, -0.1) is 0 Å². The van der Waals surface area contributed by atoms with Gasteiger partial charge in [-0.1, -0.05) is 62.4 Å². The lowest BCUT2D eigenvalue weighted by molar-refractivity contribution is -0.149. The van der Waals surface area contributed by atoms with Gasteiger partial charge in [0.05, 0.1) is 5.92 Å². The number of para-hydroxylation sites is 1. The van der Waals surface area contributed by atoms with Crippen molar-refractivity contribution >= 4 is 22.7 Å². The molecule has 1 fully saturated rings. The van der Waals surface area contributed by atoms with Crippen LogP contribution in [0, 0.1) is 11.8 Å². The van der Waals surface area contributed by atoms with Crippen LogP contribution in [0.1, 0.15) is 47.9 Å². The molecule has 0 bridgehead atoms. The number of hydrogen-bond acceptors (Lipinski definition) is 3. The Morgan fingerprint density at radius 1 is 1.15 bits per heavy atom. The second kappa shape index (κ2) is 7.03. The first-order valence-electron chi connectivity index (χ1n) is 9.48. The molecular formula is C23H23NO3. The number of fused-ring (bicyclic) bond motifs is 1. The summed E-state index contributed by atoms with van der Waals surface area (Å²) in [6, 6.07) is 15.2. The average molecular weight is 361 g/mol. The summed E-state index contributed by atoms with van der Waals surface area (Å²) in [7, 11) is 0. The van der Waals surface area contributed by atoms with Crippen LogP contribution in [0.3, 0.4) is 0 Å². The molecule has 0 saturated heterocycles. The largest absolute Gasteiger partial charge is 0.449 e. The van der Waals surface area contributed by atoms with Crippen molar-refractivity contribution in [3.05, 3.63) is 71.4 Å². The number of ketones is 1. The van der Waals surface area contributed by atoms with Crippen molar-refractivity contribution < 1.29 is 14.3 Å². The zero-order valence-electron chi connectivity index (χ0n) is 15.6. The molecule has 0 radical (unpaired) electrons. The summed E-state index contributed by atoms with van der Waals surface area (Å²) in [6.07, 6.45) is 2.52. The van der Waals surface area contributed by atoms with Crippen molar-refractivity contribution in [2.45, 2.75) is 32.8 Å². The zero-order valence-corrected chi connectivity index (χ0v) is 15.6. The van der Waals surface area contributed by atoms with Crippen molar-refractivity contribution in [2.75, 3.05) is 0 Å². The molecule has 1 saturated carbocycles. The Morgan fingerprint density at radius 2 is 1.89 bits per heavy atom. The second-order valence-corrected chi connectivity index (χ2v) is 7.31. The van der Waals surface area contributed by atoms with E-state index in [0.717, 1.165) is 29.3 Å². The summed E-state index contributed by atoms with van der Waals surface area (Å²) in [5.74, 6) is -0.218. The van der Waals surface area contributed by atoms with Gasteiger partial charge in [-0.3, -0.25) is 9.59 Å². The topological polar surface area (TPSA) is 59.2 Å². The van der Waals surface area contributed by atoms with Crippen LogP contribution >= 0.6 is 0 Å². The fourth-order valence-electron chi connectivity index (χ4n) is 3.61.